The van der Waals surface area contributed by atoms with Crippen molar-refractivity contribution in [3.8, 4) is 0 Å². The molecule has 1 heterocycles. The SMILES string of the molecule is C[C@H](N)c1cccnc1Cl.Cl. The van der Waals surface area contributed by atoms with Gasteiger partial charge in [-0.25, -0.2) is 4.98 Å². The van der Waals surface area contributed by atoms with E-state index in [2.05, 4.69) is 4.98 Å². The molecular weight excluding hydrogens is 183 g/mol. The molecule has 2 nitrogen and oxygen atoms in total. The molecule has 2 N–H and O–H groups in total. The maximum atomic E-state index is 5.73. The van der Waals surface area contributed by atoms with E-state index in [-0.39, 0.29) is 18.4 Å². The van der Waals surface area contributed by atoms with E-state index in [0.717, 1.165) is 5.56 Å². The lowest BCUT2D eigenvalue weighted by Crippen LogP contribution is -2.05. The van der Waals surface area contributed by atoms with Crippen LogP contribution < -0.4 is 5.73 Å². The molecule has 0 amide bonds. The molecule has 1 aromatic rings. The van der Waals surface area contributed by atoms with Gasteiger partial charge in [0.25, 0.3) is 0 Å². The number of halogens is 2. The largest absolute Gasteiger partial charge is 0.324 e. The molecule has 62 valence electrons. The summed E-state index contributed by atoms with van der Waals surface area (Å²) < 4.78 is 0. The number of rotatable bonds is 1. The third kappa shape index (κ3) is 2.66. The first kappa shape index (κ1) is 10.7. The second-order valence-corrected chi connectivity index (χ2v) is 2.53. The number of hydrogen-bond donors (Lipinski definition) is 1. The number of nitrogens with two attached hydrogens (primary N) is 1. The van der Waals surface area contributed by atoms with Crippen molar-refractivity contribution >= 4 is 24.0 Å². The first-order valence-corrected chi connectivity index (χ1v) is 3.45. The molecule has 0 bridgehead atoms. The zero-order valence-electron chi connectivity index (χ0n) is 6.12. The summed E-state index contributed by atoms with van der Waals surface area (Å²) in [6.45, 7) is 1.88. The van der Waals surface area contributed by atoms with Crippen molar-refractivity contribution in [2.45, 2.75) is 13.0 Å². The van der Waals surface area contributed by atoms with Gasteiger partial charge in [0.2, 0.25) is 0 Å². The minimum absolute atomic E-state index is 0. The van der Waals surface area contributed by atoms with Crippen molar-refractivity contribution in [1.82, 2.24) is 4.98 Å². The van der Waals surface area contributed by atoms with E-state index >= 15 is 0 Å². The van der Waals surface area contributed by atoms with E-state index in [1.54, 1.807) is 6.20 Å². The predicted molar refractivity (Wildman–Crippen MR) is 49.1 cm³/mol. The van der Waals surface area contributed by atoms with Gasteiger partial charge in [-0.15, -0.1) is 12.4 Å². The van der Waals surface area contributed by atoms with Crippen LogP contribution in [0.4, 0.5) is 0 Å². The normalized spacial score (nSPS) is 11.9. The number of pyridine rings is 1. The summed E-state index contributed by atoms with van der Waals surface area (Å²) >= 11 is 5.73. The molecule has 11 heavy (non-hydrogen) atoms. The second-order valence-electron chi connectivity index (χ2n) is 2.17. The van der Waals surface area contributed by atoms with Crippen LogP contribution in [0.2, 0.25) is 5.15 Å². The summed E-state index contributed by atoms with van der Waals surface area (Å²) in [4.78, 5) is 3.89. The van der Waals surface area contributed by atoms with Gasteiger partial charge in [-0.1, -0.05) is 17.7 Å². The Labute approximate surface area is 77.2 Å². The Morgan fingerprint density at radius 2 is 2.27 bits per heavy atom. The van der Waals surface area contributed by atoms with E-state index in [0.29, 0.717) is 5.15 Å². The lowest BCUT2D eigenvalue weighted by molar-refractivity contribution is 0.812. The molecule has 0 saturated heterocycles. The Morgan fingerprint density at radius 1 is 1.64 bits per heavy atom. The summed E-state index contributed by atoms with van der Waals surface area (Å²) in [6.07, 6.45) is 1.65. The van der Waals surface area contributed by atoms with Crippen molar-refractivity contribution in [2.75, 3.05) is 0 Å². The highest BCUT2D eigenvalue weighted by Crippen LogP contribution is 2.16. The van der Waals surface area contributed by atoms with Crippen molar-refractivity contribution in [1.29, 1.82) is 0 Å². The highest BCUT2D eigenvalue weighted by atomic mass is 35.5. The molecule has 4 heteroatoms. The third-order valence-corrected chi connectivity index (χ3v) is 1.59. The lowest BCUT2D eigenvalue weighted by Gasteiger charge is -2.04. The van der Waals surface area contributed by atoms with Gasteiger partial charge >= 0.3 is 0 Å². The highest BCUT2D eigenvalue weighted by molar-refractivity contribution is 6.30. The van der Waals surface area contributed by atoms with E-state index in [1.165, 1.54) is 0 Å². The van der Waals surface area contributed by atoms with E-state index in [1.807, 2.05) is 19.1 Å². The Hall–Kier alpha value is -0.310. The molecule has 1 atom stereocenters. The van der Waals surface area contributed by atoms with Crippen molar-refractivity contribution < 1.29 is 0 Å². The van der Waals surface area contributed by atoms with Crippen LogP contribution in [0.15, 0.2) is 18.3 Å². The summed E-state index contributed by atoms with van der Waals surface area (Å²) in [5.74, 6) is 0. The van der Waals surface area contributed by atoms with Crippen LogP contribution >= 0.6 is 24.0 Å². The fourth-order valence-corrected chi connectivity index (χ4v) is 1.03. The molecule has 0 aliphatic carbocycles. The van der Waals surface area contributed by atoms with Gasteiger partial charge in [0.1, 0.15) is 5.15 Å². The van der Waals surface area contributed by atoms with Gasteiger partial charge in [0.15, 0.2) is 0 Å². The summed E-state index contributed by atoms with van der Waals surface area (Å²) in [7, 11) is 0. The van der Waals surface area contributed by atoms with Gasteiger partial charge in [0, 0.05) is 17.8 Å². The standard InChI is InChI=1S/C7H9ClN2.ClH/c1-5(9)6-3-2-4-10-7(6)8;/h2-5H,9H2,1H3;1H/t5-;/m0./s1. The fourth-order valence-electron chi connectivity index (χ4n) is 0.738. The van der Waals surface area contributed by atoms with Gasteiger partial charge in [-0.2, -0.15) is 0 Å². The van der Waals surface area contributed by atoms with Gasteiger partial charge in [-0.05, 0) is 13.0 Å². The Kier molecular flexibility index (Phi) is 4.42. The van der Waals surface area contributed by atoms with Crippen molar-refractivity contribution in [2.24, 2.45) is 5.73 Å². The molecule has 0 radical (unpaired) electrons. The van der Waals surface area contributed by atoms with E-state index in [9.17, 15) is 0 Å². The molecule has 0 saturated carbocycles. The second kappa shape index (κ2) is 4.54. The Bertz CT molecular complexity index is 225. The molecule has 0 aliphatic heterocycles. The third-order valence-electron chi connectivity index (χ3n) is 1.28. The first-order valence-electron chi connectivity index (χ1n) is 3.08. The van der Waals surface area contributed by atoms with Crippen LogP contribution in [0.3, 0.4) is 0 Å². The van der Waals surface area contributed by atoms with Gasteiger partial charge < -0.3 is 5.73 Å². The number of hydrogen-bond acceptors (Lipinski definition) is 2. The molecule has 1 rings (SSSR count). The number of aromatic nitrogens is 1. The first-order chi connectivity index (χ1) is 4.72. The maximum Gasteiger partial charge on any atom is 0.133 e. The molecule has 0 aromatic carbocycles. The van der Waals surface area contributed by atoms with Crippen LogP contribution in [-0.2, 0) is 0 Å². The average Bonchev–Trinajstić information content (AvgIpc) is 1.88. The highest BCUT2D eigenvalue weighted by Gasteiger charge is 2.03. The summed E-state index contributed by atoms with van der Waals surface area (Å²) in [6, 6.07) is 3.66. The van der Waals surface area contributed by atoms with Crippen molar-refractivity contribution in [3.63, 3.8) is 0 Å². The van der Waals surface area contributed by atoms with Gasteiger partial charge in [0.05, 0.1) is 0 Å². The predicted octanol–water partition coefficient (Wildman–Crippen LogP) is 2.18. The van der Waals surface area contributed by atoms with Crippen LogP contribution in [0, 0.1) is 0 Å². The molecule has 0 unspecified atom stereocenters. The minimum atomic E-state index is -0.0406. The summed E-state index contributed by atoms with van der Waals surface area (Å²) in [5, 5.41) is 0.498. The van der Waals surface area contributed by atoms with Crippen LogP contribution in [0.25, 0.3) is 0 Å². The fraction of sp³-hybridized carbons (Fsp3) is 0.286. The lowest BCUT2D eigenvalue weighted by atomic mass is 10.2. The molecular formula is C7H10Cl2N2. The topological polar surface area (TPSA) is 38.9 Å². The van der Waals surface area contributed by atoms with Crippen LogP contribution in [-0.4, -0.2) is 4.98 Å². The Morgan fingerprint density at radius 3 is 2.64 bits per heavy atom. The summed E-state index contributed by atoms with van der Waals surface area (Å²) in [5.41, 5.74) is 6.48. The minimum Gasteiger partial charge on any atom is -0.324 e. The molecule has 0 fully saturated rings. The van der Waals surface area contributed by atoms with Crippen molar-refractivity contribution in [3.05, 3.63) is 29.0 Å². The van der Waals surface area contributed by atoms with Crippen LogP contribution in [0.5, 0.6) is 0 Å². The zero-order valence-corrected chi connectivity index (χ0v) is 7.69. The van der Waals surface area contributed by atoms with E-state index < -0.39 is 0 Å². The maximum absolute atomic E-state index is 5.73. The van der Waals surface area contributed by atoms with Gasteiger partial charge in [-0.3, -0.25) is 0 Å². The molecule has 0 spiro atoms. The molecule has 0 aliphatic rings. The number of nitrogens with zero attached hydrogens (tertiary/aromatic N) is 1. The zero-order chi connectivity index (χ0) is 7.56. The van der Waals surface area contributed by atoms with E-state index in [4.69, 9.17) is 17.3 Å². The molecule has 1 aromatic heterocycles. The Balaban J connectivity index is 0.000001000. The average molecular weight is 193 g/mol. The smallest absolute Gasteiger partial charge is 0.133 e. The monoisotopic (exact) mass is 192 g/mol. The van der Waals surface area contributed by atoms with Crippen LogP contribution in [0.1, 0.15) is 18.5 Å². The quantitative estimate of drug-likeness (QED) is 0.694.